The fourth-order valence-electron chi connectivity index (χ4n) is 2.38. The first-order valence-corrected chi connectivity index (χ1v) is 6.34. The topological polar surface area (TPSA) is 49.0 Å². The summed E-state index contributed by atoms with van der Waals surface area (Å²) in [4.78, 5) is 14.2. The van der Waals surface area contributed by atoms with Gasteiger partial charge >= 0.3 is 0 Å². The third-order valence-electron chi connectivity index (χ3n) is 3.40. The molecule has 1 aromatic carbocycles. The number of likely N-dealkylation sites (tertiary alicyclic amines) is 1. The Bertz CT molecular complexity index is 585. The number of amides is 1. The Morgan fingerprint density at radius 1 is 1.21 bits per heavy atom. The maximum atomic E-state index is 12.9. The van der Waals surface area contributed by atoms with Crippen molar-refractivity contribution in [3.05, 3.63) is 41.8 Å². The molecule has 1 aromatic heterocycles. The molecule has 1 amide bonds. The molecule has 2 aromatic rings. The van der Waals surface area contributed by atoms with E-state index in [1.165, 1.54) is 12.1 Å². The number of hydrogen-bond acceptors (Lipinski definition) is 2. The number of nitrogens with one attached hydrogen (secondary N) is 1. The molecule has 0 atom stereocenters. The summed E-state index contributed by atoms with van der Waals surface area (Å²) in [7, 11) is 0. The maximum Gasteiger partial charge on any atom is 0.257 e. The van der Waals surface area contributed by atoms with Crippen LogP contribution in [0.25, 0.3) is 11.3 Å². The van der Waals surface area contributed by atoms with E-state index in [9.17, 15) is 9.18 Å². The number of benzene rings is 1. The lowest BCUT2D eigenvalue weighted by molar-refractivity contribution is 0.0793. The molecule has 5 heteroatoms. The van der Waals surface area contributed by atoms with Crippen molar-refractivity contribution in [2.75, 3.05) is 13.1 Å². The normalized spacial score (nSPS) is 14.9. The van der Waals surface area contributed by atoms with E-state index < -0.39 is 0 Å². The van der Waals surface area contributed by atoms with Crippen LogP contribution in [-0.4, -0.2) is 34.1 Å². The number of carbonyl (C=O) groups excluding carboxylic acids is 1. The number of H-pyrrole nitrogens is 1. The standard InChI is InChI=1S/C14H14FN3O/c15-11-5-3-10(4-6-11)13-12(9-16-17-13)14(19)18-7-1-2-8-18/h3-6,9H,1-2,7-8H2,(H,16,17). The number of rotatable bonds is 2. The van der Waals surface area contributed by atoms with Crippen LogP contribution >= 0.6 is 0 Å². The van der Waals surface area contributed by atoms with Crippen LogP contribution in [0.15, 0.2) is 30.5 Å². The van der Waals surface area contributed by atoms with Crippen molar-refractivity contribution in [3.63, 3.8) is 0 Å². The smallest absolute Gasteiger partial charge is 0.257 e. The Balaban J connectivity index is 1.93. The molecule has 0 aliphatic carbocycles. The van der Waals surface area contributed by atoms with Gasteiger partial charge in [-0.1, -0.05) is 0 Å². The van der Waals surface area contributed by atoms with Gasteiger partial charge in [-0.15, -0.1) is 0 Å². The molecule has 0 saturated carbocycles. The van der Waals surface area contributed by atoms with Gasteiger partial charge in [0, 0.05) is 18.7 Å². The van der Waals surface area contributed by atoms with Gasteiger partial charge in [0.2, 0.25) is 0 Å². The van der Waals surface area contributed by atoms with E-state index in [2.05, 4.69) is 10.2 Å². The quantitative estimate of drug-likeness (QED) is 0.900. The molecule has 1 N–H and O–H groups in total. The monoisotopic (exact) mass is 259 g/mol. The highest BCUT2D eigenvalue weighted by atomic mass is 19.1. The molecule has 19 heavy (non-hydrogen) atoms. The predicted octanol–water partition coefficient (Wildman–Crippen LogP) is 2.45. The van der Waals surface area contributed by atoms with E-state index in [1.807, 2.05) is 4.90 Å². The number of halogens is 1. The van der Waals surface area contributed by atoms with Crippen LogP contribution in [0.4, 0.5) is 4.39 Å². The molecule has 0 bridgehead atoms. The summed E-state index contributed by atoms with van der Waals surface area (Å²) in [6.45, 7) is 1.60. The zero-order valence-electron chi connectivity index (χ0n) is 10.4. The number of aromatic nitrogens is 2. The summed E-state index contributed by atoms with van der Waals surface area (Å²) >= 11 is 0. The fraction of sp³-hybridized carbons (Fsp3) is 0.286. The summed E-state index contributed by atoms with van der Waals surface area (Å²) in [6.07, 6.45) is 3.64. The highest BCUT2D eigenvalue weighted by molar-refractivity contribution is 5.99. The molecule has 2 heterocycles. The lowest BCUT2D eigenvalue weighted by Crippen LogP contribution is -2.27. The van der Waals surface area contributed by atoms with Crippen LogP contribution < -0.4 is 0 Å². The Labute approximate surface area is 110 Å². The van der Waals surface area contributed by atoms with Gasteiger partial charge < -0.3 is 4.90 Å². The van der Waals surface area contributed by atoms with E-state index in [1.54, 1.807) is 18.3 Å². The molecular weight excluding hydrogens is 245 g/mol. The minimum atomic E-state index is -0.296. The second-order valence-corrected chi connectivity index (χ2v) is 4.66. The van der Waals surface area contributed by atoms with Crippen LogP contribution in [0, 0.1) is 5.82 Å². The van der Waals surface area contributed by atoms with Gasteiger partial charge in [-0.25, -0.2) is 4.39 Å². The van der Waals surface area contributed by atoms with Crippen molar-refractivity contribution in [1.29, 1.82) is 0 Å². The minimum Gasteiger partial charge on any atom is -0.339 e. The van der Waals surface area contributed by atoms with Gasteiger partial charge in [-0.05, 0) is 37.1 Å². The molecule has 1 saturated heterocycles. The lowest BCUT2D eigenvalue weighted by Gasteiger charge is -2.14. The Hall–Kier alpha value is -2.17. The molecule has 98 valence electrons. The molecule has 1 aliphatic heterocycles. The second-order valence-electron chi connectivity index (χ2n) is 4.66. The number of nitrogens with zero attached hydrogens (tertiary/aromatic N) is 2. The molecule has 1 aliphatic rings. The molecule has 4 nitrogen and oxygen atoms in total. The lowest BCUT2D eigenvalue weighted by atomic mass is 10.1. The predicted molar refractivity (Wildman–Crippen MR) is 69.1 cm³/mol. The number of carbonyl (C=O) groups is 1. The Morgan fingerprint density at radius 3 is 2.58 bits per heavy atom. The van der Waals surface area contributed by atoms with Crippen molar-refractivity contribution in [1.82, 2.24) is 15.1 Å². The van der Waals surface area contributed by atoms with Gasteiger partial charge in [0.25, 0.3) is 5.91 Å². The van der Waals surface area contributed by atoms with Crippen molar-refractivity contribution >= 4 is 5.91 Å². The maximum absolute atomic E-state index is 12.9. The largest absolute Gasteiger partial charge is 0.339 e. The average molecular weight is 259 g/mol. The summed E-state index contributed by atoms with van der Waals surface area (Å²) in [5.74, 6) is -0.304. The first-order chi connectivity index (χ1) is 9.25. The summed E-state index contributed by atoms with van der Waals surface area (Å²) in [5.41, 5.74) is 1.96. The van der Waals surface area contributed by atoms with Crippen LogP contribution in [0.2, 0.25) is 0 Å². The Kier molecular flexibility index (Phi) is 3.03. The van der Waals surface area contributed by atoms with E-state index in [-0.39, 0.29) is 11.7 Å². The van der Waals surface area contributed by atoms with Crippen LogP contribution in [0.1, 0.15) is 23.2 Å². The van der Waals surface area contributed by atoms with E-state index in [0.29, 0.717) is 11.3 Å². The number of hydrogen-bond donors (Lipinski definition) is 1. The third kappa shape index (κ3) is 2.23. The van der Waals surface area contributed by atoms with Gasteiger partial charge in [-0.2, -0.15) is 5.10 Å². The van der Waals surface area contributed by atoms with Crippen molar-refractivity contribution in [3.8, 4) is 11.3 Å². The van der Waals surface area contributed by atoms with E-state index in [0.717, 1.165) is 31.5 Å². The van der Waals surface area contributed by atoms with Crippen molar-refractivity contribution in [2.45, 2.75) is 12.8 Å². The molecule has 0 radical (unpaired) electrons. The van der Waals surface area contributed by atoms with Gasteiger partial charge in [0.05, 0.1) is 17.5 Å². The summed E-state index contributed by atoms with van der Waals surface area (Å²) in [5, 5.41) is 6.77. The highest BCUT2D eigenvalue weighted by Crippen LogP contribution is 2.23. The van der Waals surface area contributed by atoms with Crippen molar-refractivity contribution < 1.29 is 9.18 Å². The van der Waals surface area contributed by atoms with Gasteiger partial charge in [0.1, 0.15) is 5.82 Å². The van der Waals surface area contributed by atoms with Gasteiger partial charge in [0.15, 0.2) is 0 Å². The summed E-state index contributed by atoms with van der Waals surface area (Å²) in [6, 6.07) is 6.04. The average Bonchev–Trinajstić information content (AvgIpc) is 3.10. The zero-order valence-corrected chi connectivity index (χ0v) is 10.4. The van der Waals surface area contributed by atoms with Crippen LogP contribution in [0.3, 0.4) is 0 Å². The van der Waals surface area contributed by atoms with E-state index >= 15 is 0 Å². The first kappa shape index (κ1) is 11.9. The SMILES string of the molecule is O=C(c1cn[nH]c1-c1ccc(F)cc1)N1CCCC1. The summed E-state index contributed by atoms with van der Waals surface area (Å²) < 4.78 is 12.9. The van der Waals surface area contributed by atoms with Crippen LogP contribution in [0.5, 0.6) is 0 Å². The fourth-order valence-corrected chi connectivity index (χ4v) is 2.38. The second kappa shape index (κ2) is 4.84. The van der Waals surface area contributed by atoms with Gasteiger partial charge in [-0.3, -0.25) is 9.89 Å². The molecular formula is C14H14FN3O. The molecule has 3 rings (SSSR count). The molecule has 0 unspecified atom stereocenters. The molecule has 1 fully saturated rings. The first-order valence-electron chi connectivity index (χ1n) is 6.34. The zero-order chi connectivity index (χ0) is 13.2. The Morgan fingerprint density at radius 2 is 1.89 bits per heavy atom. The number of aromatic amines is 1. The third-order valence-corrected chi connectivity index (χ3v) is 3.40. The highest BCUT2D eigenvalue weighted by Gasteiger charge is 2.23. The van der Waals surface area contributed by atoms with Crippen molar-refractivity contribution in [2.24, 2.45) is 0 Å². The van der Waals surface area contributed by atoms with E-state index in [4.69, 9.17) is 0 Å². The minimum absolute atomic E-state index is 0.00873. The van der Waals surface area contributed by atoms with Crippen LogP contribution in [-0.2, 0) is 0 Å². The molecule has 0 spiro atoms.